The quantitative estimate of drug-likeness (QED) is 0.473. The zero-order valence-corrected chi connectivity index (χ0v) is 22.5. The molecule has 1 aliphatic carbocycles. The van der Waals surface area contributed by atoms with Crippen LogP contribution >= 0.6 is 11.6 Å². The lowest BCUT2D eigenvalue weighted by atomic mass is 9.80. The maximum Gasteiger partial charge on any atom is 0.350 e. The third-order valence-corrected chi connectivity index (χ3v) is 8.58. The summed E-state index contributed by atoms with van der Waals surface area (Å²) in [4.78, 5) is 38.4. The molecule has 2 fully saturated rings. The smallest absolute Gasteiger partial charge is 0.350 e. The van der Waals surface area contributed by atoms with E-state index in [0.717, 1.165) is 19.3 Å². The van der Waals surface area contributed by atoms with Crippen molar-refractivity contribution >= 4 is 40.0 Å². The molecule has 6 rings (SSSR count). The van der Waals surface area contributed by atoms with Crippen LogP contribution in [0.3, 0.4) is 0 Å². The Kier molecular flexibility index (Phi) is 6.45. The maximum atomic E-state index is 15.1. The van der Waals surface area contributed by atoms with Crippen LogP contribution in [0, 0.1) is 11.7 Å². The third-order valence-electron chi connectivity index (χ3n) is 8.28. The molecule has 3 aromatic rings. The van der Waals surface area contributed by atoms with Crippen molar-refractivity contribution in [1.29, 1.82) is 0 Å². The van der Waals surface area contributed by atoms with E-state index >= 15 is 4.39 Å². The monoisotopic (exact) mass is 552 g/mol. The summed E-state index contributed by atoms with van der Waals surface area (Å²) in [5.41, 5.74) is 6.56. The lowest BCUT2D eigenvalue weighted by Crippen LogP contribution is -2.54. The van der Waals surface area contributed by atoms with Crippen LogP contribution in [-0.4, -0.2) is 57.6 Å². The number of hydrogen-bond donors (Lipinski definition) is 1. The van der Waals surface area contributed by atoms with E-state index in [0.29, 0.717) is 48.0 Å². The number of nitrogens with two attached hydrogens (primary N) is 1. The molecule has 1 amide bonds. The van der Waals surface area contributed by atoms with Crippen LogP contribution in [0.25, 0.3) is 22.0 Å². The summed E-state index contributed by atoms with van der Waals surface area (Å²) in [6.07, 6.45) is 6.84. The van der Waals surface area contributed by atoms with Gasteiger partial charge in [-0.15, -0.1) is 0 Å². The van der Waals surface area contributed by atoms with Crippen LogP contribution in [0.1, 0.15) is 38.6 Å². The Morgan fingerprint density at radius 1 is 1.33 bits per heavy atom. The van der Waals surface area contributed by atoms with Gasteiger partial charge in [-0.25, -0.2) is 14.2 Å². The zero-order chi connectivity index (χ0) is 27.4. The lowest BCUT2D eigenvalue weighted by Gasteiger charge is -2.41. The SMILES string of the molecule is C=CC(=O)N1CCN(c2nc(=O)n3c4c(c(-c5c(F)ccnc5N)c(Cl)cc24)OCC3CC2CCC2)[C@@H](C)C1. The van der Waals surface area contributed by atoms with Crippen LogP contribution in [0.4, 0.5) is 16.0 Å². The number of anilines is 2. The maximum absolute atomic E-state index is 15.1. The van der Waals surface area contributed by atoms with Crippen LogP contribution < -0.4 is 21.1 Å². The van der Waals surface area contributed by atoms with E-state index in [2.05, 4.69) is 16.5 Å². The number of benzene rings is 1. The van der Waals surface area contributed by atoms with Gasteiger partial charge in [-0.1, -0.05) is 37.4 Å². The molecule has 0 radical (unpaired) electrons. The Bertz CT molecular complexity index is 1530. The molecule has 2 N–H and O–H groups in total. The van der Waals surface area contributed by atoms with Gasteiger partial charge >= 0.3 is 5.69 Å². The predicted molar refractivity (Wildman–Crippen MR) is 149 cm³/mol. The molecular formula is C28H30ClFN6O3. The first-order valence-corrected chi connectivity index (χ1v) is 13.7. The van der Waals surface area contributed by atoms with Crippen LogP contribution in [0.5, 0.6) is 5.75 Å². The largest absolute Gasteiger partial charge is 0.488 e. The number of piperazine rings is 1. The number of aromatic nitrogens is 3. The minimum atomic E-state index is -0.583. The normalized spacial score (nSPS) is 21.0. The van der Waals surface area contributed by atoms with E-state index < -0.39 is 11.5 Å². The molecule has 11 heteroatoms. The molecule has 1 saturated carbocycles. The molecule has 0 spiro atoms. The number of ether oxygens (including phenoxy) is 1. The molecule has 2 aromatic heterocycles. The van der Waals surface area contributed by atoms with E-state index in [1.54, 1.807) is 15.5 Å². The first-order chi connectivity index (χ1) is 18.8. The van der Waals surface area contributed by atoms with Gasteiger partial charge in [0.15, 0.2) is 5.75 Å². The predicted octanol–water partition coefficient (Wildman–Crippen LogP) is 4.18. The van der Waals surface area contributed by atoms with Gasteiger partial charge in [0.25, 0.3) is 0 Å². The van der Waals surface area contributed by atoms with Crippen molar-refractivity contribution in [1.82, 2.24) is 19.4 Å². The number of amides is 1. The van der Waals surface area contributed by atoms with Gasteiger partial charge in [0.05, 0.1) is 27.7 Å². The Balaban J connectivity index is 1.57. The number of halogens is 2. The number of carbonyl (C=O) groups is 1. The van der Waals surface area contributed by atoms with Crippen LogP contribution in [0.2, 0.25) is 5.02 Å². The molecular weight excluding hydrogens is 523 g/mol. The van der Waals surface area contributed by atoms with Gasteiger partial charge in [-0.3, -0.25) is 9.36 Å². The molecule has 0 bridgehead atoms. The first-order valence-electron chi connectivity index (χ1n) is 13.3. The van der Waals surface area contributed by atoms with Gasteiger partial charge in [-0.2, -0.15) is 4.98 Å². The fraction of sp³-hybridized carbons (Fsp3) is 0.429. The number of nitrogen functional groups attached to an aromatic ring is 1. The van der Waals surface area contributed by atoms with E-state index in [1.807, 2.05) is 11.8 Å². The van der Waals surface area contributed by atoms with Crippen molar-refractivity contribution in [2.45, 2.75) is 44.7 Å². The highest BCUT2D eigenvalue weighted by Gasteiger charge is 2.36. The second-order valence-electron chi connectivity index (χ2n) is 10.6. The van der Waals surface area contributed by atoms with Crippen LogP contribution in [-0.2, 0) is 4.79 Å². The summed E-state index contributed by atoms with van der Waals surface area (Å²) in [6.45, 7) is 7.19. The Labute approximate surface area is 230 Å². The fourth-order valence-corrected chi connectivity index (χ4v) is 6.39. The Morgan fingerprint density at radius 3 is 2.79 bits per heavy atom. The van der Waals surface area contributed by atoms with Crippen molar-refractivity contribution in [3.8, 4) is 16.9 Å². The number of nitrogens with zero attached hydrogens (tertiary/aromatic N) is 5. The van der Waals surface area contributed by atoms with Gasteiger partial charge < -0.3 is 20.3 Å². The summed E-state index contributed by atoms with van der Waals surface area (Å²) in [5, 5.41) is 0.852. The van der Waals surface area contributed by atoms with E-state index in [9.17, 15) is 9.59 Å². The second-order valence-corrected chi connectivity index (χ2v) is 11.0. The summed E-state index contributed by atoms with van der Waals surface area (Å²) in [5.74, 6) is 0.548. The molecule has 9 nitrogen and oxygen atoms in total. The number of hydrogen-bond acceptors (Lipinski definition) is 7. The molecule has 3 aliphatic rings. The molecule has 4 heterocycles. The van der Waals surface area contributed by atoms with Gasteiger partial charge in [0.1, 0.15) is 24.1 Å². The summed E-state index contributed by atoms with van der Waals surface area (Å²) in [6, 6.07) is 2.60. The van der Waals surface area contributed by atoms with Crippen LogP contribution in [0.15, 0.2) is 35.8 Å². The number of rotatable bonds is 5. The lowest BCUT2D eigenvalue weighted by molar-refractivity contribution is -0.126. The van der Waals surface area contributed by atoms with Crippen molar-refractivity contribution < 1.29 is 13.9 Å². The van der Waals surface area contributed by atoms with Gasteiger partial charge in [0, 0.05) is 37.3 Å². The van der Waals surface area contributed by atoms with Crippen molar-refractivity contribution in [2.24, 2.45) is 5.92 Å². The summed E-state index contributed by atoms with van der Waals surface area (Å²) >= 11 is 6.84. The van der Waals surface area contributed by atoms with Crippen molar-refractivity contribution in [3.63, 3.8) is 0 Å². The van der Waals surface area contributed by atoms with Crippen molar-refractivity contribution in [2.75, 3.05) is 36.9 Å². The minimum Gasteiger partial charge on any atom is -0.488 e. The molecule has 1 unspecified atom stereocenters. The van der Waals surface area contributed by atoms with Gasteiger partial charge in [-0.05, 0) is 37.5 Å². The number of pyridine rings is 1. The summed E-state index contributed by atoms with van der Waals surface area (Å²) < 4.78 is 23.2. The number of carbonyl (C=O) groups excluding carboxylic acids is 1. The van der Waals surface area contributed by atoms with E-state index in [1.165, 1.54) is 24.8 Å². The second kappa shape index (κ2) is 9.82. The zero-order valence-electron chi connectivity index (χ0n) is 21.7. The molecule has 204 valence electrons. The average Bonchev–Trinajstić information content (AvgIpc) is 2.89. The van der Waals surface area contributed by atoms with Crippen molar-refractivity contribution in [3.05, 3.63) is 52.3 Å². The highest BCUT2D eigenvalue weighted by atomic mass is 35.5. The molecule has 1 aromatic carbocycles. The average molecular weight is 553 g/mol. The standard InChI is InChI=1S/C28H30ClFN6O3/c1-3-21(37)34-9-10-35(15(2)13-34)27-18-12-19(29)22(23-20(30)7-8-32-26(23)31)25-24(18)36(28(38)33-27)17(14-39-25)11-16-5-4-6-16/h3,7-8,12,15-17H,1,4-6,9-11,13-14H2,2H3,(H2,31,32)/t15-,17?/m0/s1. The van der Waals surface area contributed by atoms with Gasteiger partial charge in [0.2, 0.25) is 5.91 Å². The highest BCUT2D eigenvalue weighted by molar-refractivity contribution is 6.35. The fourth-order valence-electron chi connectivity index (χ4n) is 6.10. The third kappa shape index (κ3) is 4.21. The first kappa shape index (κ1) is 25.6. The molecule has 39 heavy (non-hydrogen) atoms. The molecule has 2 aliphatic heterocycles. The van der Waals surface area contributed by atoms with E-state index in [4.69, 9.17) is 22.1 Å². The highest BCUT2D eigenvalue weighted by Crippen LogP contribution is 2.49. The topological polar surface area (TPSA) is 107 Å². The minimum absolute atomic E-state index is 0.0208. The molecule has 1 saturated heterocycles. The molecule has 2 atom stereocenters. The van der Waals surface area contributed by atoms with E-state index in [-0.39, 0.29) is 46.6 Å². The Morgan fingerprint density at radius 2 is 2.13 bits per heavy atom. The Hall–Kier alpha value is -3.66. The summed E-state index contributed by atoms with van der Waals surface area (Å²) in [7, 11) is 0.